The summed E-state index contributed by atoms with van der Waals surface area (Å²) >= 11 is 0. The molecular weight excluding hydrogens is 349 g/mol. The number of ether oxygens (including phenoxy) is 1. The molecule has 0 amide bonds. The molecule has 1 heterocycles. The van der Waals surface area contributed by atoms with E-state index in [9.17, 15) is 22.8 Å². The van der Waals surface area contributed by atoms with Gasteiger partial charge in [0, 0.05) is 11.1 Å². The molecule has 0 aliphatic rings. The van der Waals surface area contributed by atoms with Crippen LogP contribution in [0.25, 0.3) is 16.6 Å². The van der Waals surface area contributed by atoms with Crippen LogP contribution in [0.3, 0.4) is 0 Å². The zero-order valence-corrected chi connectivity index (χ0v) is 13.5. The van der Waals surface area contributed by atoms with E-state index < -0.39 is 28.8 Å². The molecule has 5 nitrogen and oxygen atoms in total. The van der Waals surface area contributed by atoms with Gasteiger partial charge in [0.1, 0.15) is 5.56 Å². The third kappa shape index (κ3) is 2.79. The summed E-state index contributed by atoms with van der Waals surface area (Å²) in [6, 6.07) is 10.8. The molecule has 8 heteroatoms. The van der Waals surface area contributed by atoms with Gasteiger partial charge in [-0.2, -0.15) is 13.2 Å². The summed E-state index contributed by atoms with van der Waals surface area (Å²) in [5, 5.41) is 0.141. The van der Waals surface area contributed by atoms with Gasteiger partial charge in [0.25, 0.3) is 5.56 Å². The van der Waals surface area contributed by atoms with Gasteiger partial charge in [-0.15, -0.1) is 0 Å². The fourth-order valence-corrected chi connectivity index (χ4v) is 2.72. The number of aromatic nitrogens is 1. The minimum absolute atomic E-state index is 0.0545. The average molecular weight is 362 g/mol. The first-order valence-electron chi connectivity index (χ1n) is 7.45. The van der Waals surface area contributed by atoms with Crippen LogP contribution in [-0.2, 0) is 10.9 Å². The number of pyridine rings is 1. The number of carbonyl (C=O) groups excluding carboxylic acids is 1. The highest BCUT2D eigenvalue weighted by atomic mass is 19.4. The Morgan fingerprint density at radius 2 is 1.77 bits per heavy atom. The lowest BCUT2D eigenvalue weighted by Gasteiger charge is -2.16. The first-order chi connectivity index (χ1) is 12.3. The Morgan fingerprint density at radius 1 is 1.12 bits per heavy atom. The Bertz CT molecular complexity index is 1060. The minimum atomic E-state index is -4.60. The fraction of sp³-hybridized carbons (Fsp3) is 0.111. The number of para-hydroxylation sites is 1. The number of nitrogens with two attached hydrogens (primary N) is 1. The van der Waals surface area contributed by atoms with Gasteiger partial charge in [-0.05, 0) is 24.3 Å². The second-order valence-electron chi connectivity index (χ2n) is 5.49. The Morgan fingerprint density at radius 3 is 2.35 bits per heavy atom. The molecule has 0 aliphatic carbocycles. The summed E-state index contributed by atoms with van der Waals surface area (Å²) in [5.41, 5.74) is 3.71. The van der Waals surface area contributed by atoms with Crippen molar-refractivity contribution in [2.24, 2.45) is 0 Å². The van der Waals surface area contributed by atoms with Crippen molar-refractivity contribution in [3.63, 3.8) is 0 Å². The third-order valence-corrected chi connectivity index (χ3v) is 3.95. The molecule has 0 saturated heterocycles. The maximum atomic E-state index is 13.1. The van der Waals surface area contributed by atoms with E-state index in [0.29, 0.717) is 5.69 Å². The molecule has 3 aromatic rings. The number of hydrogen-bond donors (Lipinski definition) is 1. The second kappa shape index (κ2) is 6.21. The summed E-state index contributed by atoms with van der Waals surface area (Å²) in [5.74, 6) is -0.959. The smallest absolute Gasteiger partial charge is 0.416 e. The van der Waals surface area contributed by atoms with Gasteiger partial charge in [-0.3, -0.25) is 9.36 Å². The van der Waals surface area contributed by atoms with Crippen LogP contribution < -0.4 is 11.3 Å². The highest BCUT2D eigenvalue weighted by molar-refractivity contribution is 6.04. The SMILES string of the molecule is COC(=O)c1c(N)c2ccc(C(F)(F)F)cc2n(-c2ccccc2)c1=O. The summed E-state index contributed by atoms with van der Waals surface area (Å²) in [6.07, 6.45) is -4.60. The Kier molecular flexibility index (Phi) is 4.19. The molecule has 0 fully saturated rings. The number of nitrogens with zero attached hydrogens (tertiary/aromatic N) is 1. The zero-order chi connectivity index (χ0) is 19.1. The van der Waals surface area contributed by atoms with Crippen LogP contribution in [0, 0.1) is 0 Å². The van der Waals surface area contributed by atoms with Crippen LogP contribution in [0.2, 0.25) is 0 Å². The summed E-state index contributed by atoms with van der Waals surface area (Å²) in [7, 11) is 1.09. The number of hydrogen-bond acceptors (Lipinski definition) is 4. The van der Waals surface area contributed by atoms with Crippen molar-refractivity contribution in [3.8, 4) is 5.69 Å². The first kappa shape index (κ1) is 17.5. The van der Waals surface area contributed by atoms with E-state index in [1.54, 1.807) is 30.3 Å². The molecule has 1 aromatic heterocycles. The molecule has 0 unspecified atom stereocenters. The quantitative estimate of drug-likeness (QED) is 0.710. The van der Waals surface area contributed by atoms with Crippen LogP contribution in [0.4, 0.5) is 18.9 Å². The molecule has 0 aliphatic heterocycles. The van der Waals surface area contributed by atoms with Crippen molar-refractivity contribution in [3.05, 3.63) is 70.0 Å². The van der Waals surface area contributed by atoms with Gasteiger partial charge >= 0.3 is 12.1 Å². The predicted octanol–water partition coefficient (Wildman–Crippen LogP) is 3.38. The number of benzene rings is 2. The maximum Gasteiger partial charge on any atom is 0.416 e. The third-order valence-electron chi connectivity index (χ3n) is 3.95. The fourth-order valence-electron chi connectivity index (χ4n) is 2.72. The normalized spacial score (nSPS) is 11.5. The van der Waals surface area contributed by atoms with Crippen molar-refractivity contribution in [2.45, 2.75) is 6.18 Å². The number of methoxy groups -OCH3 is 1. The molecule has 0 atom stereocenters. The maximum absolute atomic E-state index is 13.1. The van der Waals surface area contributed by atoms with Gasteiger partial charge in [-0.1, -0.05) is 24.3 Å². The average Bonchev–Trinajstić information content (AvgIpc) is 2.61. The summed E-state index contributed by atoms with van der Waals surface area (Å²) < 4.78 is 45.0. The molecule has 3 rings (SSSR count). The monoisotopic (exact) mass is 362 g/mol. The number of carbonyl (C=O) groups is 1. The second-order valence-corrected chi connectivity index (χ2v) is 5.49. The summed E-state index contributed by atoms with van der Waals surface area (Å²) in [6.45, 7) is 0. The zero-order valence-electron chi connectivity index (χ0n) is 13.5. The van der Waals surface area contributed by atoms with Crippen LogP contribution in [0.1, 0.15) is 15.9 Å². The largest absolute Gasteiger partial charge is 0.465 e. The van der Waals surface area contributed by atoms with Gasteiger partial charge < -0.3 is 10.5 Å². The van der Waals surface area contributed by atoms with Gasteiger partial charge in [0.2, 0.25) is 0 Å². The Labute approximate surface area is 145 Å². The molecule has 0 bridgehead atoms. The molecule has 0 radical (unpaired) electrons. The van der Waals surface area contributed by atoms with E-state index in [-0.39, 0.29) is 16.6 Å². The van der Waals surface area contributed by atoms with Gasteiger partial charge in [-0.25, -0.2) is 4.79 Å². The van der Waals surface area contributed by atoms with E-state index >= 15 is 0 Å². The van der Waals surface area contributed by atoms with Crippen molar-refractivity contribution in [1.82, 2.24) is 4.57 Å². The number of halogens is 3. The number of anilines is 1. The van der Waals surface area contributed by atoms with Crippen LogP contribution in [0.15, 0.2) is 53.3 Å². The van der Waals surface area contributed by atoms with Crippen molar-refractivity contribution in [1.29, 1.82) is 0 Å². The minimum Gasteiger partial charge on any atom is -0.465 e. The van der Waals surface area contributed by atoms with E-state index in [1.807, 2.05) is 0 Å². The van der Waals surface area contributed by atoms with Crippen LogP contribution >= 0.6 is 0 Å². The van der Waals surface area contributed by atoms with Crippen molar-refractivity contribution < 1.29 is 22.7 Å². The molecule has 2 N–H and O–H groups in total. The number of rotatable bonds is 2. The first-order valence-corrected chi connectivity index (χ1v) is 7.45. The number of nitrogen functional groups attached to an aromatic ring is 1. The van der Waals surface area contributed by atoms with Crippen LogP contribution in [0.5, 0.6) is 0 Å². The molecule has 134 valence electrons. The highest BCUT2D eigenvalue weighted by Crippen LogP contribution is 2.33. The lowest BCUT2D eigenvalue weighted by atomic mass is 10.1. The van der Waals surface area contributed by atoms with Gasteiger partial charge in [0.15, 0.2) is 0 Å². The predicted molar refractivity (Wildman–Crippen MR) is 90.3 cm³/mol. The molecule has 0 saturated carbocycles. The number of fused-ring (bicyclic) bond motifs is 1. The lowest BCUT2D eigenvalue weighted by molar-refractivity contribution is -0.137. The van der Waals surface area contributed by atoms with Crippen molar-refractivity contribution >= 4 is 22.6 Å². The van der Waals surface area contributed by atoms with E-state index in [2.05, 4.69) is 4.74 Å². The molecule has 0 spiro atoms. The molecular formula is C18H13F3N2O3. The van der Waals surface area contributed by atoms with Crippen LogP contribution in [-0.4, -0.2) is 17.6 Å². The number of alkyl halides is 3. The van der Waals surface area contributed by atoms with Crippen molar-refractivity contribution in [2.75, 3.05) is 12.8 Å². The lowest BCUT2D eigenvalue weighted by Crippen LogP contribution is -2.28. The molecule has 26 heavy (non-hydrogen) atoms. The van der Waals surface area contributed by atoms with E-state index in [1.165, 1.54) is 0 Å². The topological polar surface area (TPSA) is 74.3 Å². The Hall–Kier alpha value is -3.29. The summed E-state index contributed by atoms with van der Waals surface area (Å²) in [4.78, 5) is 24.9. The Balaban J connectivity index is 2.51. The standard InChI is InChI=1S/C18H13F3N2O3/c1-26-17(25)14-15(22)12-8-7-10(18(19,20)21)9-13(12)23(16(14)24)11-5-3-2-4-6-11/h2-9H,22H2,1H3. The molecule has 2 aromatic carbocycles. The highest BCUT2D eigenvalue weighted by Gasteiger charge is 2.32. The van der Waals surface area contributed by atoms with E-state index in [4.69, 9.17) is 5.73 Å². The van der Waals surface area contributed by atoms with E-state index in [0.717, 1.165) is 29.9 Å². The number of esters is 1. The van der Waals surface area contributed by atoms with Gasteiger partial charge in [0.05, 0.1) is 23.9 Å².